The Labute approximate surface area is 229 Å². The fourth-order valence-corrected chi connectivity index (χ4v) is 5.82. The molecule has 0 unspecified atom stereocenters. The first-order valence-corrected chi connectivity index (χ1v) is 13.0. The van der Waals surface area contributed by atoms with Crippen LogP contribution in [-0.2, 0) is 18.9 Å². The second kappa shape index (κ2) is 10.6. The highest BCUT2D eigenvalue weighted by Crippen LogP contribution is 2.47. The van der Waals surface area contributed by atoms with Crippen molar-refractivity contribution in [2.75, 3.05) is 7.11 Å². The normalized spacial score (nSPS) is 18.2. The van der Waals surface area contributed by atoms with Gasteiger partial charge in [-0.1, -0.05) is 30.8 Å². The summed E-state index contributed by atoms with van der Waals surface area (Å²) in [7, 11) is 1.35. The lowest BCUT2D eigenvalue weighted by Gasteiger charge is -2.25. The number of hydrogen-bond acceptors (Lipinski definition) is 5. The van der Waals surface area contributed by atoms with E-state index in [2.05, 4.69) is 5.16 Å². The summed E-state index contributed by atoms with van der Waals surface area (Å²) in [5, 5.41) is 2.45. The van der Waals surface area contributed by atoms with Crippen LogP contribution in [0.25, 0.3) is 11.3 Å². The van der Waals surface area contributed by atoms with E-state index >= 15 is 0 Å². The smallest absolute Gasteiger partial charge is 0.416 e. The summed E-state index contributed by atoms with van der Waals surface area (Å²) < 4.78 is 106. The third-order valence-corrected chi connectivity index (χ3v) is 8.19. The first-order valence-electron chi connectivity index (χ1n) is 12.1. The van der Waals surface area contributed by atoms with Gasteiger partial charge in [-0.3, -0.25) is 4.79 Å². The molecule has 13 heteroatoms. The number of ether oxygens (including phenoxy) is 1. The van der Waals surface area contributed by atoms with Gasteiger partial charge in [-0.05, 0) is 55.2 Å². The minimum absolute atomic E-state index is 0.0572. The van der Waals surface area contributed by atoms with Crippen molar-refractivity contribution in [1.82, 2.24) is 10.1 Å². The standard InChI is InChI=1S/C27H25F7N2O3S/c1-12(2)18-9-19(22(38-5)10-21(18)28)23-20(13(3)35-39-23)11-36-14(4)24(40-25(36)37)15-6-16(26(29,30)31)8-17(7-15)27(32,33)34/h6-10,12,14,24H,11H2,1-5H3/t14-,24-/m0/s1. The maximum Gasteiger partial charge on any atom is 0.416 e. The van der Waals surface area contributed by atoms with Crippen LogP contribution in [0.4, 0.5) is 35.5 Å². The molecule has 0 bridgehead atoms. The van der Waals surface area contributed by atoms with E-state index in [1.807, 2.05) is 0 Å². The molecule has 1 saturated heterocycles. The number of carbonyl (C=O) groups excluding carboxylic acids is 1. The molecule has 1 amide bonds. The van der Waals surface area contributed by atoms with Crippen LogP contribution in [0.1, 0.15) is 65.5 Å². The molecule has 4 rings (SSSR count). The topological polar surface area (TPSA) is 55.6 Å². The molecule has 0 saturated carbocycles. The highest BCUT2D eigenvalue weighted by atomic mass is 32.2. The SMILES string of the molecule is COc1cc(F)c(C(C)C)cc1-c1onc(C)c1CN1C(=O)S[C@H](c2cc(C(F)(F)F)cc(C(F)(F)F)c2)[C@@H]1C. The Bertz CT molecular complexity index is 1400. The van der Waals surface area contributed by atoms with Gasteiger partial charge in [0.2, 0.25) is 0 Å². The second-order valence-electron chi connectivity index (χ2n) is 9.82. The number of alkyl halides is 6. The first kappa shape index (κ1) is 29.8. The Balaban J connectivity index is 1.72. The molecule has 2 atom stereocenters. The molecule has 0 radical (unpaired) electrons. The Morgan fingerprint density at radius 3 is 2.17 bits per heavy atom. The highest BCUT2D eigenvalue weighted by Gasteiger charge is 2.43. The monoisotopic (exact) mass is 590 g/mol. The van der Waals surface area contributed by atoms with Gasteiger partial charge >= 0.3 is 12.4 Å². The van der Waals surface area contributed by atoms with Crippen LogP contribution in [0.5, 0.6) is 5.75 Å². The van der Waals surface area contributed by atoms with Crippen molar-refractivity contribution in [3.05, 3.63) is 69.7 Å². The number of thioether (sulfide) groups is 1. The van der Waals surface area contributed by atoms with Crippen LogP contribution < -0.4 is 4.74 Å². The van der Waals surface area contributed by atoms with E-state index in [1.165, 1.54) is 18.1 Å². The third-order valence-electron chi connectivity index (χ3n) is 6.83. The maximum absolute atomic E-state index is 14.6. The zero-order chi connectivity index (χ0) is 29.7. The predicted octanol–water partition coefficient (Wildman–Crippen LogP) is 8.76. The molecule has 5 nitrogen and oxygen atoms in total. The summed E-state index contributed by atoms with van der Waals surface area (Å²) in [5.41, 5.74) is -1.53. The van der Waals surface area contributed by atoms with Gasteiger partial charge in [0, 0.05) is 17.7 Å². The Morgan fingerprint density at radius 1 is 1.05 bits per heavy atom. The van der Waals surface area contributed by atoms with Crippen molar-refractivity contribution in [3.8, 4) is 17.1 Å². The van der Waals surface area contributed by atoms with Crippen molar-refractivity contribution in [1.29, 1.82) is 0 Å². The van der Waals surface area contributed by atoms with Gasteiger partial charge < -0.3 is 14.2 Å². The lowest BCUT2D eigenvalue weighted by Crippen LogP contribution is -2.31. The average molecular weight is 591 g/mol. The number of amides is 1. The molecule has 1 aliphatic rings. The molecule has 1 aliphatic heterocycles. The number of rotatable bonds is 6. The first-order chi connectivity index (χ1) is 18.5. The van der Waals surface area contributed by atoms with E-state index in [0.29, 0.717) is 46.3 Å². The van der Waals surface area contributed by atoms with Crippen LogP contribution >= 0.6 is 11.8 Å². The van der Waals surface area contributed by atoms with Crippen LogP contribution in [0.2, 0.25) is 0 Å². The number of hydrogen-bond donors (Lipinski definition) is 0. The highest BCUT2D eigenvalue weighted by molar-refractivity contribution is 8.14. The van der Waals surface area contributed by atoms with Crippen molar-refractivity contribution in [2.45, 2.75) is 63.8 Å². The van der Waals surface area contributed by atoms with E-state index in [9.17, 15) is 35.5 Å². The molecule has 2 aromatic carbocycles. The van der Waals surface area contributed by atoms with E-state index in [-0.39, 0.29) is 35.6 Å². The summed E-state index contributed by atoms with van der Waals surface area (Å²) >= 11 is 0.646. The molecule has 0 aliphatic carbocycles. The number of halogens is 7. The lowest BCUT2D eigenvalue weighted by atomic mass is 9.96. The molecular weight excluding hydrogens is 565 g/mol. The van der Waals surface area contributed by atoms with Crippen molar-refractivity contribution in [3.63, 3.8) is 0 Å². The number of nitrogens with zero attached hydrogens (tertiary/aromatic N) is 2. The molecule has 0 N–H and O–H groups in total. The second-order valence-corrected chi connectivity index (χ2v) is 10.9. The van der Waals surface area contributed by atoms with Gasteiger partial charge in [-0.2, -0.15) is 26.3 Å². The number of aryl methyl sites for hydroxylation is 1. The van der Waals surface area contributed by atoms with Crippen LogP contribution in [0.3, 0.4) is 0 Å². The van der Waals surface area contributed by atoms with Crippen molar-refractivity contribution < 1.29 is 44.8 Å². The van der Waals surface area contributed by atoms with Crippen LogP contribution in [-0.4, -0.2) is 28.4 Å². The Morgan fingerprint density at radius 2 is 1.65 bits per heavy atom. The molecule has 1 aromatic heterocycles. The van der Waals surface area contributed by atoms with E-state index in [1.54, 1.807) is 33.8 Å². The quantitative estimate of drug-likeness (QED) is 0.269. The van der Waals surface area contributed by atoms with Crippen LogP contribution in [0.15, 0.2) is 34.9 Å². The average Bonchev–Trinajstić information content (AvgIpc) is 3.36. The number of benzene rings is 2. The zero-order valence-corrected chi connectivity index (χ0v) is 22.8. The number of carbonyl (C=O) groups is 1. The van der Waals surface area contributed by atoms with Gasteiger partial charge in [0.25, 0.3) is 5.24 Å². The van der Waals surface area contributed by atoms with Gasteiger partial charge in [0.1, 0.15) is 11.6 Å². The Kier molecular flexibility index (Phi) is 7.91. The van der Waals surface area contributed by atoms with E-state index < -0.39 is 45.8 Å². The van der Waals surface area contributed by atoms with Gasteiger partial charge in [0.15, 0.2) is 5.76 Å². The van der Waals surface area contributed by atoms with E-state index in [4.69, 9.17) is 9.26 Å². The largest absolute Gasteiger partial charge is 0.496 e. The summed E-state index contributed by atoms with van der Waals surface area (Å²) in [5.74, 6) is -0.280. The summed E-state index contributed by atoms with van der Waals surface area (Å²) in [6.45, 7) is 6.69. The molecular formula is C27H25F7N2O3S. The minimum atomic E-state index is -5.01. The molecule has 3 aromatic rings. The summed E-state index contributed by atoms with van der Waals surface area (Å²) in [4.78, 5) is 14.4. The summed E-state index contributed by atoms with van der Waals surface area (Å²) in [6, 6.07) is 3.34. The lowest BCUT2D eigenvalue weighted by molar-refractivity contribution is -0.143. The van der Waals surface area contributed by atoms with Gasteiger partial charge in [0.05, 0.1) is 41.3 Å². The molecule has 40 heavy (non-hydrogen) atoms. The fraction of sp³-hybridized carbons (Fsp3) is 0.407. The maximum atomic E-state index is 14.6. The summed E-state index contributed by atoms with van der Waals surface area (Å²) in [6.07, 6.45) is -10.0. The Hall–Kier alpha value is -3.22. The molecule has 2 heterocycles. The number of aromatic nitrogens is 1. The zero-order valence-electron chi connectivity index (χ0n) is 22.0. The number of methoxy groups -OCH3 is 1. The molecule has 216 valence electrons. The minimum Gasteiger partial charge on any atom is -0.496 e. The van der Waals surface area contributed by atoms with Crippen molar-refractivity contribution in [2.24, 2.45) is 0 Å². The van der Waals surface area contributed by atoms with Gasteiger partial charge in [-0.15, -0.1) is 0 Å². The molecule has 0 spiro atoms. The van der Waals surface area contributed by atoms with E-state index in [0.717, 1.165) is 0 Å². The predicted molar refractivity (Wildman–Crippen MR) is 134 cm³/mol. The van der Waals surface area contributed by atoms with Crippen molar-refractivity contribution >= 4 is 17.0 Å². The van der Waals surface area contributed by atoms with Crippen LogP contribution in [0, 0.1) is 12.7 Å². The third kappa shape index (κ3) is 5.65. The molecule has 1 fully saturated rings. The van der Waals surface area contributed by atoms with Gasteiger partial charge in [-0.25, -0.2) is 4.39 Å². The fourth-order valence-electron chi connectivity index (χ4n) is 4.62.